The zero-order valence-corrected chi connectivity index (χ0v) is 21.3. The van der Waals surface area contributed by atoms with Gasteiger partial charge in [0.05, 0.1) is 11.6 Å². The van der Waals surface area contributed by atoms with Gasteiger partial charge in [0.2, 0.25) is 0 Å². The van der Waals surface area contributed by atoms with E-state index in [1.54, 1.807) is 11.1 Å². The predicted molar refractivity (Wildman–Crippen MR) is 143 cm³/mol. The van der Waals surface area contributed by atoms with Crippen molar-refractivity contribution in [3.05, 3.63) is 82.0 Å². The lowest BCUT2D eigenvalue weighted by Crippen LogP contribution is -2.52. The highest BCUT2D eigenvalue weighted by molar-refractivity contribution is 5.92. The number of nitriles is 1. The highest BCUT2D eigenvalue weighted by Gasteiger charge is 2.63. The molecule has 0 bridgehead atoms. The lowest BCUT2D eigenvalue weighted by molar-refractivity contribution is -0.115. The molecular formula is C34H31NO2. The minimum atomic E-state index is -1.08. The number of carbonyl (C=O) groups is 1. The van der Waals surface area contributed by atoms with E-state index >= 15 is 0 Å². The second kappa shape index (κ2) is 7.56. The van der Waals surface area contributed by atoms with Crippen molar-refractivity contribution >= 4 is 5.78 Å². The lowest BCUT2D eigenvalue weighted by atomic mass is 9.45. The Labute approximate surface area is 218 Å². The van der Waals surface area contributed by atoms with Crippen LogP contribution in [0.1, 0.15) is 74.5 Å². The number of hydrogen-bond donors (Lipinski definition) is 1. The Hall–Kier alpha value is -3.40. The van der Waals surface area contributed by atoms with Gasteiger partial charge in [-0.05, 0) is 91.3 Å². The van der Waals surface area contributed by atoms with Crippen LogP contribution in [0.5, 0.6) is 0 Å². The maximum absolute atomic E-state index is 12.6. The summed E-state index contributed by atoms with van der Waals surface area (Å²) in [5, 5.41) is 20.9. The minimum Gasteiger partial charge on any atom is -0.377 e. The molecule has 1 unspecified atom stereocenters. The molecule has 2 aromatic rings. The van der Waals surface area contributed by atoms with Crippen molar-refractivity contribution in [2.24, 2.45) is 16.7 Å². The SMILES string of the molecule is C#C[C@]1(O)CC[C@H]2C3=C4C(C[C@@]21C)c1ccc(-c2ccc(C#N)cc2)cc1C[C@@]41CCC(=O)C=C1CC3. The van der Waals surface area contributed by atoms with Crippen LogP contribution in [-0.2, 0) is 11.2 Å². The van der Waals surface area contributed by atoms with E-state index < -0.39 is 5.60 Å². The second-order valence-electron chi connectivity index (χ2n) is 12.2. The number of aliphatic hydroxyl groups is 1. The van der Waals surface area contributed by atoms with Gasteiger partial charge in [-0.25, -0.2) is 0 Å². The van der Waals surface area contributed by atoms with Gasteiger partial charge in [0.15, 0.2) is 5.78 Å². The molecule has 1 N–H and O–H groups in total. The molecule has 5 aliphatic rings. The second-order valence-corrected chi connectivity index (χ2v) is 12.2. The summed E-state index contributed by atoms with van der Waals surface area (Å²) in [5.74, 6) is 3.62. The van der Waals surface area contributed by atoms with Gasteiger partial charge >= 0.3 is 0 Å². The van der Waals surface area contributed by atoms with Crippen molar-refractivity contribution < 1.29 is 9.90 Å². The van der Waals surface area contributed by atoms with E-state index in [9.17, 15) is 15.2 Å². The maximum atomic E-state index is 12.6. The first kappa shape index (κ1) is 22.8. The molecule has 2 aromatic carbocycles. The van der Waals surface area contributed by atoms with E-state index in [2.05, 4.69) is 37.1 Å². The summed E-state index contributed by atoms with van der Waals surface area (Å²) in [6, 6.07) is 16.8. The third kappa shape index (κ3) is 2.90. The van der Waals surface area contributed by atoms with Gasteiger partial charge in [0.25, 0.3) is 0 Å². The summed E-state index contributed by atoms with van der Waals surface area (Å²) < 4.78 is 0. The number of terminal acetylenes is 1. The Morgan fingerprint density at radius 2 is 1.84 bits per heavy atom. The molecule has 0 saturated heterocycles. The zero-order chi connectivity index (χ0) is 25.6. The summed E-state index contributed by atoms with van der Waals surface area (Å²) in [6.45, 7) is 2.23. The first-order chi connectivity index (χ1) is 17.8. The Bertz CT molecular complexity index is 1510. The van der Waals surface area contributed by atoms with Gasteiger partial charge in [-0.15, -0.1) is 6.42 Å². The Morgan fingerprint density at radius 1 is 1.05 bits per heavy atom. The molecule has 1 fully saturated rings. The molecule has 0 aromatic heterocycles. The van der Waals surface area contributed by atoms with Crippen molar-refractivity contribution in [3.8, 4) is 29.5 Å². The molecule has 0 radical (unpaired) electrons. The van der Waals surface area contributed by atoms with Crippen LogP contribution in [0.2, 0.25) is 0 Å². The van der Waals surface area contributed by atoms with Crippen molar-refractivity contribution in [2.45, 2.75) is 69.8 Å². The van der Waals surface area contributed by atoms with E-state index in [-0.39, 0.29) is 22.5 Å². The highest BCUT2D eigenvalue weighted by Crippen LogP contribution is 2.70. The van der Waals surface area contributed by atoms with Crippen molar-refractivity contribution in [1.29, 1.82) is 5.26 Å². The molecule has 1 saturated carbocycles. The van der Waals surface area contributed by atoms with Crippen LogP contribution < -0.4 is 0 Å². The molecule has 184 valence electrons. The molecule has 37 heavy (non-hydrogen) atoms. The highest BCUT2D eigenvalue weighted by atomic mass is 16.3. The molecule has 0 aliphatic heterocycles. The molecular weight excluding hydrogens is 454 g/mol. The third-order valence-corrected chi connectivity index (χ3v) is 10.8. The summed E-state index contributed by atoms with van der Waals surface area (Å²) in [6.07, 6.45) is 14.8. The van der Waals surface area contributed by atoms with Crippen LogP contribution in [0.15, 0.2) is 65.3 Å². The van der Waals surface area contributed by atoms with Crippen molar-refractivity contribution in [3.63, 3.8) is 0 Å². The summed E-state index contributed by atoms with van der Waals surface area (Å²) >= 11 is 0. The number of ketones is 1. The van der Waals surface area contributed by atoms with Crippen LogP contribution in [0, 0.1) is 40.4 Å². The van der Waals surface area contributed by atoms with Crippen LogP contribution in [-0.4, -0.2) is 16.5 Å². The lowest BCUT2D eigenvalue weighted by Gasteiger charge is -2.58. The standard InChI is InChI=1S/C34H31NO2/c1-3-34(37)15-13-30-28-11-9-25-17-26(36)12-14-33(25)18-24-16-23(22-6-4-21(20-35)5-7-22)8-10-27(24)29(31(28)33)19-32(30,34)2/h1,4-8,10,16-17,29-30,37H,9,11-15,18-19H2,2H3/t29?,30-,32-,33+,34-/m0/s1. The topological polar surface area (TPSA) is 61.1 Å². The van der Waals surface area contributed by atoms with Gasteiger partial charge in [-0.2, -0.15) is 5.26 Å². The zero-order valence-electron chi connectivity index (χ0n) is 21.3. The fourth-order valence-electron chi connectivity index (χ4n) is 8.93. The fourth-order valence-corrected chi connectivity index (χ4v) is 8.93. The number of nitrogens with zero attached hydrogens (tertiary/aromatic N) is 1. The number of hydrogen-bond acceptors (Lipinski definition) is 3. The summed E-state index contributed by atoms with van der Waals surface area (Å²) in [7, 11) is 0. The molecule has 7 rings (SSSR count). The number of allylic oxidation sites excluding steroid dienone is 4. The van der Waals surface area contributed by atoms with E-state index in [1.165, 1.54) is 16.7 Å². The van der Waals surface area contributed by atoms with Gasteiger partial charge in [-0.1, -0.05) is 59.9 Å². The van der Waals surface area contributed by atoms with E-state index in [0.29, 0.717) is 24.3 Å². The molecule has 5 atom stereocenters. The van der Waals surface area contributed by atoms with Gasteiger partial charge in [0.1, 0.15) is 5.60 Å². The Morgan fingerprint density at radius 3 is 2.59 bits per heavy atom. The van der Waals surface area contributed by atoms with Crippen molar-refractivity contribution in [2.75, 3.05) is 0 Å². The molecule has 3 nitrogen and oxygen atoms in total. The van der Waals surface area contributed by atoms with Crippen LogP contribution in [0.25, 0.3) is 11.1 Å². The summed E-state index contributed by atoms with van der Waals surface area (Å²) in [5.41, 5.74) is 8.56. The molecule has 1 spiro atoms. The Kier molecular flexibility index (Phi) is 4.66. The number of fused-ring (bicyclic) bond motifs is 4. The van der Waals surface area contributed by atoms with Gasteiger partial charge in [-0.3, -0.25) is 4.79 Å². The largest absolute Gasteiger partial charge is 0.377 e. The third-order valence-electron chi connectivity index (χ3n) is 10.8. The number of carbonyl (C=O) groups excluding carboxylic acids is 1. The minimum absolute atomic E-state index is 0.0827. The van der Waals surface area contributed by atoms with E-state index in [1.807, 2.05) is 30.3 Å². The average Bonchev–Trinajstić information content (AvgIpc) is 3.19. The smallest absolute Gasteiger partial charge is 0.155 e. The molecule has 0 heterocycles. The first-order valence-electron chi connectivity index (χ1n) is 13.6. The van der Waals surface area contributed by atoms with Crippen molar-refractivity contribution in [1.82, 2.24) is 0 Å². The monoisotopic (exact) mass is 485 g/mol. The number of rotatable bonds is 1. The fraction of sp³-hybridized carbons (Fsp3) is 0.412. The average molecular weight is 486 g/mol. The maximum Gasteiger partial charge on any atom is 0.155 e. The number of benzene rings is 2. The Balaban J connectivity index is 1.44. The normalized spacial score (nSPS) is 35.4. The van der Waals surface area contributed by atoms with Crippen LogP contribution in [0.4, 0.5) is 0 Å². The first-order valence-corrected chi connectivity index (χ1v) is 13.6. The van der Waals surface area contributed by atoms with Gasteiger partial charge in [0, 0.05) is 23.2 Å². The van der Waals surface area contributed by atoms with E-state index in [0.717, 1.165) is 49.7 Å². The molecule has 0 amide bonds. The van der Waals surface area contributed by atoms with Crippen LogP contribution >= 0.6 is 0 Å². The van der Waals surface area contributed by atoms with Gasteiger partial charge < -0.3 is 5.11 Å². The predicted octanol–water partition coefficient (Wildman–Crippen LogP) is 6.42. The molecule has 5 aliphatic carbocycles. The van der Waals surface area contributed by atoms with Crippen LogP contribution in [0.3, 0.4) is 0 Å². The quantitative estimate of drug-likeness (QED) is 0.375. The summed E-state index contributed by atoms with van der Waals surface area (Å²) in [4.78, 5) is 12.6. The van der Waals surface area contributed by atoms with E-state index in [4.69, 9.17) is 6.42 Å². The molecule has 3 heteroatoms.